The number of anilines is 1. The van der Waals surface area contributed by atoms with E-state index in [0.29, 0.717) is 5.56 Å². The van der Waals surface area contributed by atoms with E-state index in [0.717, 1.165) is 6.26 Å². The van der Waals surface area contributed by atoms with Crippen molar-refractivity contribution in [2.75, 3.05) is 11.0 Å². The molecule has 0 atom stereocenters. The molecule has 1 N–H and O–H groups in total. The van der Waals surface area contributed by atoms with Crippen molar-refractivity contribution in [3.63, 3.8) is 0 Å². The molecule has 0 aliphatic rings. The first-order valence-corrected chi connectivity index (χ1v) is 11.9. The second-order valence-electron chi connectivity index (χ2n) is 6.10. The molecule has 7 nitrogen and oxygen atoms in total. The van der Waals surface area contributed by atoms with Crippen LogP contribution in [0.5, 0.6) is 0 Å². The van der Waals surface area contributed by atoms with Crippen molar-refractivity contribution in [2.45, 2.75) is 9.79 Å². The zero-order valence-electron chi connectivity index (χ0n) is 15.0. The highest BCUT2D eigenvalue weighted by Crippen LogP contribution is 2.26. The number of pyridine rings is 1. The van der Waals surface area contributed by atoms with Gasteiger partial charge in [0, 0.05) is 34.8 Å². The van der Waals surface area contributed by atoms with Crippen LogP contribution in [0.4, 0.5) is 5.69 Å². The molecule has 3 rings (SSSR count). The minimum Gasteiger partial charge on any atom is -0.289 e. The number of ketones is 1. The predicted octanol–water partition coefficient (Wildman–Crippen LogP) is 3.17. The highest BCUT2D eigenvalue weighted by atomic mass is 35.5. The number of sulfonamides is 1. The maximum absolute atomic E-state index is 12.8. The van der Waals surface area contributed by atoms with Crippen LogP contribution in [0.15, 0.2) is 76.8 Å². The van der Waals surface area contributed by atoms with Gasteiger partial charge in [-0.05, 0) is 54.6 Å². The number of aromatic nitrogens is 1. The second kappa shape index (κ2) is 7.94. The SMILES string of the molecule is CS(=O)(=O)c1ccc(S(=O)(=O)Nc2ccc(Cl)cc2C(=O)c2ccncc2)cc1. The molecule has 29 heavy (non-hydrogen) atoms. The molecule has 0 amide bonds. The van der Waals surface area contributed by atoms with E-state index in [-0.39, 0.29) is 26.1 Å². The van der Waals surface area contributed by atoms with E-state index in [1.165, 1.54) is 67.0 Å². The van der Waals surface area contributed by atoms with Gasteiger partial charge in [0.05, 0.1) is 15.5 Å². The Kier molecular flexibility index (Phi) is 5.74. The lowest BCUT2D eigenvalue weighted by Crippen LogP contribution is -2.16. The maximum atomic E-state index is 12.8. The summed E-state index contributed by atoms with van der Waals surface area (Å²) in [4.78, 5) is 16.5. The summed E-state index contributed by atoms with van der Waals surface area (Å²) in [6, 6.07) is 12.0. The van der Waals surface area contributed by atoms with Crippen LogP contribution in [0.25, 0.3) is 0 Å². The highest BCUT2D eigenvalue weighted by molar-refractivity contribution is 7.92. The molecule has 0 unspecified atom stereocenters. The van der Waals surface area contributed by atoms with Gasteiger partial charge in [0.2, 0.25) is 0 Å². The Morgan fingerprint density at radius 2 is 1.48 bits per heavy atom. The number of nitrogens with zero attached hydrogens (tertiary/aromatic N) is 1. The third-order valence-corrected chi connectivity index (χ3v) is 6.72. The molecule has 0 saturated carbocycles. The quantitative estimate of drug-likeness (QED) is 0.577. The van der Waals surface area contributed by atoms with Crippen molar-refractivity contribution in [1.82, 2.24) is 4.98 Å². The first-order chi connectivity index (χ1) is 13.6. The number of benzene rings is 2. The lowest BCUT2D eigenvalue weighted by atomic mass is 10.0. The molecule has 0 saturated heterocycles. The molecule has 1 heterocycles. The van der Waals surface area contributed by atoms with E-state index in [4.69, 9.17) is 11.6 Å². The maximum Gasteiger partial charge on any atom is 0.261 e. The van der Waals surface area contributed by atoms with E-state index in [1.54, 1.807) is 0 Å². The Morgan fingerprint density at radius 1 is 0.897 bits per heavy atom. The van der Waals surface area contributed by atoms with Crippen LogP contribution in [-0.2, 0) is 19.9 Å². The molecule has 150 valence electrons. The summed E-state index contributed by atoms with van der Waals surface area (Å²) in [5.74, 6) is -0.431. The third kappa shape index (κ3) is 4.81. The van der Waals surface area contributed by atoms with Crippen LogP contribution in [0.1, 0.15) is 15.9 Å². The summed E-state index contributed by atoms with van der Waals surface area (Å²) in [5, 5.41) is 0.267. The van der Waals surface area contributed by atoms with E-state index < -0.39 is 25.6 Å². The molecular formula is C19H15ClN2O5S2. The summed E-state index contributed by atoms with van der Waals surface area (Å²) in [6.07, 6.45) is 3.93. The van der Waals surface area contributed by atoms with Crippen molar-refractivity contribution >= 4 is 42.9 Å². The zero-order chi connectivity index (χ0) is 21.2. The first kappa shape index (κ1) is 21.0. The van der Waals surface area contributed by atoms with Gasteiger partial charge in [0.25, 0.3) is 10.0 Å². The molecule has 0 radical (unpaired) electrons. The summed E-state index contributed by atoms with van der Waals surface area (Å²) in [7, 11) is -7.54. The van der Waals surface area contributed by atoms with Gasteiger partial charge in [0.15, 0.2) is 15.6 Å². The molecular weight excluding hydrogens is 436 g/mol. The molecule has 0 spiro atoms. The zero-order valence-corrected chi connectivity index (χ0v) is 17.4. The van der Waals surface area contributed by atoms with Gasteiger partial charge in [-0.1, -0.05) is 11.6 Å². The topological polar surface area (TPSA) is 110 Å². The predicted molar refractivity (Wildman–Crippen MR) is 109 cm³/mol. The molecule has 1 aromatic heterocycles. The van der Waals surface area contributed by atoms with Crippen LogP contribution in [0.3, 0.4) is 0 Å². The van der Waals surface area contributed by atoms with E-state index in [9.17, 15) is 21.6 Å². The van der Waals surface area contributed by atoms with E-state index >= 15 is 0 Å². The average molecular weight is 451 g/mol. The number of carbonyl (C=O) groups excluding carboxylic acids is 1. The standard InChI is InChI=1S/C19H15ClN2O5S2/c1-28(24,25)15-3-5-16(6-4-15)29(26,27)22-18-7-2-14(20)12-17(18)19(23)13-8-10-21-11-9-13/h2-12,22H,1H3. The lowest BCUT2D eigenvalue weighted by Gasteiger charge is -2.13. The minimum atomic E-state index is -4.08. The molecule has 0 aliphatic heterocycles. The van der Waals surface area contributed by atoms with Crippen LogP contribution in [0.2, 0.25) is 5.02 Å². The minimum absolute atomic E-state index is 0.00324. The number of carbonyl (C=O) groups is 1. The van der Waals surface area contributed by atoms with Gasteiger partial charge < -0.3 is 0 Å². The van der Waals surface area contributed by atoms with E-state index in [1.807, 2.05) is 0 Å². The fraction of sp³-hybridized carbons (Fsp3) is 0.0526. The monoisotopic (exact) mass is 450 g/mol. The fourth-order valence-corrected chi connectivity index (χ4v) is 4.40. The molecule has 0 aliphatic carbocycles. The first-order valence-electron chi connectivity index (χ1n) is 8.15. The van der Waals surface area contributed by atoms with Gasteiger partial charge in [-0.3, -0.25) is 14.5 Å². The summed E-state index contributed by atoms with van der Waals surface area (Å²) >= 11 is 6.00. The number of rotatable bonds is 6. The van der Waals surface area contributed by atoms with Crippen molar-refractivity contribution in [3.8, 4) is 0 Å². The fourth-order valence-electron chi connectivity index (χ4n) is 2.52. The third-order valence-electron chi connectivity index (χ3n) is 3.98. The van der Waals surface area contributed by atoms with Crippen molar-refractivity contribution in [1.29, 1.82) is 0 Å². The number of halogens is 1. The number of hydrogen-bond donors (Lipinski definition) is 1. The van der Waals surface area contributed by atoms with Crippen LogP contribution in [0, 0.1) is 0 Å². The summed E-state index contributed by atoms with van der Waals surface area (Å²) in [5.41, 5.74) is 0.434. The lowest BCUT2D eigenvalue weighted by molar-refractivity contribution is 0.103. The molecule has 2 aromatic carbocycles. The smallest absolute Gasteiger partial charge is 0.261 e. The van der Waals surface area contributed by atoms with Gasteiger partial charge in [0.1, 0.15) is 0 Å². The van der Waals surface area contributed by atoms with Crippen molar-refractivity contribution in [2.24, 2.45) is 0 Å². The Bertz CT molecular complexity index is 1270. The number of nitrogens with one attached hydrogen (secondary N) is 1. The Balaban J connectivity index is 1.98. The van der Waals surface area contributed by atoms with Gasteiger partial charge >= 0.3 is 0 Å². The molecule has 0 bridgehead atoms. The largest absolute Gasteiger partial charge is 0.289 e. The van der Waals surface area contributed by atoms with Crippen LogP contribution in [-0.4, -0.2) is 33.9 Å². The van der Waals surface area contributed by atoms with Gasteiger partial charge in [-0.2, -0.15) is 0 Å². The average Bonchev–Trinajstić information content (AvgIpc) is 2.69. The normalized spacial score (nSPS) is 11.8. The molecule has 10 heteroatoms. The van der Waals surface area contributed by atoms with E-state index in [2.05, 4.69) is 9.71 Å². The Hall–Kier alpha value is -2.75. The Morgan fingerprint density at radius 3 is 2.07 bits per heavy atom. The second-order valence-corrected chi connectivity index (χ2v) is 10.2. The van der Waals surface area contributed by atoms with Crippen molar-refractivity contribution in [3.05, 3.63) is 83.1 Å². The van der Waals surface area contributed by atoms with Crippen molar-refractivity contribution < 1.29 is 21.6 Å². The summed E-state index contributed by atoms with van der Waals surface area (Å²) in [6.45, 7) is 0. The number of hydrogen-bond acceptors (Lipinski definition) is 6. The van der Waals surface area contributed by atoms with Crippen LogP contribution < -0.4 is 4.72 Å². The summed E-state index contributed by atoms with van der Waals surface area (Å²) < 4.78 is 51.0. The van der Waals surface area contributed by atoms with Gasteiger partial charge in [-0.25, -0.2) is 16.8 Å². The van der Waals surface area contributed by atoms with Crippen LogP contribution >= 0.6 is 11.6 Å². The Labute approximate surface area is 173 Å². The van der Waals surface area contributed by atoms with Gasteiger partial charge in [-0.15, -0.1) is 0 Å². The molecule has 0 fully saturated rings. The number of sulfone groups is 1. The molecule has 3 aromatic rings. The highest BCUT2D eigenvalue weighted by Gasteiger charge is 2.21.